The molecule has 2 aromatic carbocycles. The molecular weight excluding hydrogens is 267 g/mol. The van der Waals surface area contributed by atoms with Crippen LogP contribution in [0.2, 0.25) is 0 Å². The molecule has 0 aliphatic carbocycles. The Bertz CT molecular complexity index is 530. The summed E-state index contributed by atoms with van der Waals surface area (Å²) >= 11 is 0. The molecule has 3 N–H and O–H groups in total. The third-order valence-corrected chi connectivity index (χ3v) is 3.42. The molecule has 0 spiro atoms. The average Bonchev–Trinajstić information content (AvgIpc) is 2.53. The summed E-state index contributed by atoms with van der Waals surface area (Å²) in [7, 11) is 0. The number of rotatable bonds is 7. The van der Waals surface area contributed by atoms with E-state index >= 15 is 0 Å². The van der Waals surface area contributed by atoms with Gasteiger partial charge in [-0.25, -0.2) is 4.39 Å². The number of benzene rings is 2. The Morgan fingerprint density at radius 3 is 2.33 bits per heavy atom. The van der Waals surface area contributed by atoms with E-state index in [4.69, 9.17) is 10.6 Å². The van der Waals surface area contributed by atoms with E-state index in [0.29, 0.717) is 13.0 Å². The largest absolute Gasteiger partial charge is 0.372 e. The molecule has 21 heavy (non-hydrogen) atoms. The molecule has 0 heterocycles. The second kappa shape index (κ2) is 7.88. The molecular formula is C17H21FN2O. The van der Waals surface area contributed by atoms with Crippen LogP contribution in [-0.2, 0) is 11.2 Å². The van der Waals surface area contributed by atoms with Gasteiger partial charge in [-0.1, -0.05) is 42.5 Å². The zero-order valence-electron chi connectivity index (χ0n) is 12.1. The molecule has 0 saturated carbocycles. The zero-order chi connectivity index (χ0) is 15.1. The monoisotopic (exact) mass is 288 g/mol. The van der Waals surface area contributed by atoms with Crippen molar-refractivity contribution in [1.29, 1.82) is 0 Å². The second-order valence-electron chi connectivity index (χ2n) is 4.89. The Balaban J connectivity index is 2.17. The van der Waals surface area contributed by atoms with Gasteiger partial charge in [-0.15, -0.1) is 0 Å². The summed E-state index contributed by atoms with van der Waals surface area (Å²) in [5.74, 6) is 5.48. The third kappa shape index (κ3) is 4.36. The van der Waals surface area contributed by atoms with Crippen LogP contribution in [-0.4, -0.2) is 12.6 Å². The van der Waals surface area contributed by atoms with Gasteiger partial charge in [0.25, 0.3) is 0 Å². The van der Waals surface area contributed by atoms with Gasteiger partial charge in [0.05, 0.1) is 12.1 Å². The molecule has 4 heteroatoms. The molecule has 0 radical (unpaired) electrons. The van der Waals surface area contributed by atoms with E-state index in [1.54, 1.807) is 12.1 Å². The number of halogens is 1. The lowest BCUT2D eigenvalue weighted by molar-refractivity contribution is 0.0332. The van der Waals surface area contributed by atoms with Gasteiger partial charge in [-0.2, -0.15) is 0 Å². The van der Waals surface area contributed by atoms with Gasteiger partial charge in [-0.3, -0.25) is 11.3 Å². The molecule has 2 atom stereocenters. The molecule has 0 aliphatic rings. The maximum absolute atomic E-state index is 13.0. The lowest BCUT2D eigenvalue weighted by Crippen LogP contribution is -2.42. The van der Waals surface area contributed by atoms with E-state index in [0.717, 1.165) is 11.1 Å². The van der Waals surface area contributed by atoms with E-state index in [-0.39, 0.29) is 18.0 Å². The number of hydrogen-bond donors (Lipinski definition) is 2. The lowest BCUT2D eigenvalue weighted by Gasteiger charge is -2.27. The van der Waals surface area contributed by atoms with Crippen LogP contribution in [0.5, 0.6) is 0 Å². The van der Waals surface area contributed by atoms with Crippen LogP contribution in [0.25, 0.3) is 0 Å². The zero-order valence-corrected chi connectivity index (χ0v) is 12.1. The van der Waals surface area contributed by atoms with Crippen molar-refractivity contribution in [1.82, 2.24) is 5.43 Å². The third-order valence-electron chi connectivity index (χ3n) is 3.42. The fourth-order valence-corrected chi connectivity index (χ4v) is 2.39. The summed E-state index contributed by atoms with van der Waals surface area (Å²) in [6.07, 6.45) is 0.516. The normalized spacial score (nSPS) is 13.9. The minimum Gasteiger partial charge on any atom is -0.372 e. The maximum Gasteiger partial charge on any atom is 0.123 e. The molecule has 0 fully saturated rings. The molecule has 0 amide bonds. The van der Waals surface area contributed by atoms with Crippen molar-refractivity contribution in [2.75, 3.05) is 6.61 Å². The summed E-state index contributed by atoms with van der Waals surface area (Å²) in [6, 6.07) is 16.4. The van der Waals surface area contributed by atoms with Crippen molar-refractivity contribution >= 4 is 0 Å². The van der Waals surface area contributed by atoms with Crippen molar-refractivity contribution in [3.8, 4) is 0 Å². The Morgan fingerprint density at radius 2 is 1.76 bits per heavy atom. The molecule has 0 aromatic heterocycles. The first-order chi connectivity index (χ1) is 10.2. The van der Waals surface area contributed by atoms with Crippen LogP contribution in [0.1, 0.15) is 24.2 Å². The van der Waals surface area contributed by atoms with Crippen LogP contribution >= 0.6 is 0 Å². The number of nitrogens with one attached hydrogen (secondary N) is 1. The quantitative estimate of drug-likeness (QED) is 0.608. The van der Waals surface area contributed by atoms with Crippen molar-refractivity contribution in [2.45, 2.75) is 25.5 Å². The molecule has 2 rings (SSSR count). The molecule has 2 aromatic rings. The van der Waals surface area contributed by atoms with Crippen molar-refractivity contribution in [3.63, 3.8) is 0 Å². The first-order valence-corrected chi connectivity index (χ1v) is 7.11. The Morgan fingerprint density at radius 1 is 1.10 bits per heavy atom. The predicted molar refractivity (Wildman–Crippen MR) is 82.0 cm³/mol. The smallest absolute Gasteiger partial charge is 0.123 e. The van der Waals surface area contributed by atoms with Gasteiger partial charge in [0, 0.05) is 6.61 Å². The van der Waals surface area contributed by atoms with Crippen LogP contribution < -0.4 is 11.3 Å². The number of nitrogens with two attached hydrogens (primary N) is 1. The molecule has 0 saturated heterocycles. The second-order valence-corrected chi connectivity index (χ2v) is 4.89. The van der Waals surface area contributed by atoms with Gasteiger partial charge in [0.2, 0.25) is 0 Å². The van der Waals surface area contributed by atoms with Gasteiger partial charge in [-0.05, 0) is 36.6 Å². The highest BCUT2D eigenvalue weighted by molar-refractivity contribution is 5.22. The Labute approximate surface area is 124 Å². The fourth-order valence-electron chi connectivity index (χ4n) is 2.39. The highest BCUT2D eigenvalue weighted by Crippen LogP contribution is 2.23. The van der Waals surface area contributed by atoms with Gasteiger partial charge >= 0.3 is 0 Å². The summed E-state index contributed by atoms with van der Waals surface area (Å²) in [5, 5.41) is 0. The van der Waals surface area contributed by atoms with Crippen LogP contribution in [0.15, 0.2) is 54.6 Å². The summed E-state index contributed by atoms with van der Waals surface area (Å²) in [6.45, 7) is 2.56. The van der Waals surface area contributed by atoms with E-state index in [2.05, 4.69) is 5.43 Å². The minimum atomic E-state index is -0.236. The molecule has 0 bridgehead atoms. The summed E-state index contributed by atoms with van der Waals surface area (Å²) < 4.78 is 18.8. The lowest BCUT2D eigenvalue weighted by atomic mass is 9.96. The molecule has 0 aliphatic heterocycles. The van der Waals surface area contributed by atoms with Crippen LogP contribution in [0, 0.1) is 5.82 Å². The fraction of sp³-hybridized carbons (Fsp3) is 0.294. The number of ether oxygens (including phenoxy) is 1. The molecule has 112 valence electrons. The maximum atomic E-state index is 13.0. The van der Waals surface area contributed by atoms with Gasteiger partial charge < -0.3 is 4.74 Å². The minimum absolute atomic E-state index is 0.0854. The molecule has 2 unspecified atom stereocenters. The molecule has 3 nitrogen and oxygen atoms in total. The van der Waals surface area contributed by atoms with Gasteiger partial charge in [0.15, 0.2) is 0 Å². The van der Waals surface area contributed by atoms with E-state index in [1.165, 1.54) is 12.1 Å². The summed E-state index contributed by atoms with van der Waals surface area (Å²) in [5.41, 5.74) is 4.92. The van der Waals surface area contributed by atoms with E-state index in [9.17, 15) is 4.39 Å². The van der Waals surface area contributed by atoms with E-state index in [1.807, 2.05) is 37.3 Å². The SMILES string of the molecule is CCOC(c1ccccc1)C(Cc1ccc(F)cc1)NN. The average molecular weight is 288 g/mol. The standard InChI is InChI=1S/C17H21FN2O/c1-2-21-17(14-6-4-3-5-7-14)16(20-19)12-13-8-10-15(18)11-9-13/h3-11,16-17,20H,2,12,19H2,1H3. The highest BCUT2D eigenvalue weighted by Gasteiger charge is 2.22. The summed E-state index contributed by atoms with van der Waals surface area (Å²) in [4.78, 5) is 0. The van der Waals surface area contributed by atoms with Crippen LogP contribution in [0.4, 0.5) is 4.39 Å². The first kappa shape index (κ1) is 15.6. The van der Waals surface area contributed by atoms with Gasteiger partial charge in [0.1, 0.15) is 5.82 Å². The predicted octanol–water partition coefficient (Wildman–Crippen LogP) is 2.98. The van der Waals surface area contributed by atoms with E-state index < -0.39 is 0 Å². The highest BCUT2D eigenvalue weighted by atomic mass is 19.1. The van der Waals surface area contributed by atoms with Crippen molar-refractivity contribution in [2.24, 2.45) is 5.84 Å². The Hall–Kier alpha value is -1.75. The van der Waals surface area contributed by atoms with Crippen molar-refractivity contribution < 1.29 is 9.13 Å². The number of hydrogen-bond acceptors (Lipinski definition) is 3. The van der Waals surface area contributed by atoms with Crippen molar-refractivity contribution in [3.05, 3.63) is 71.5 Å². The Kier molecular flexibility index (Phi) is 5.87. The first-order valence-electron chi connectivity index (χ1n) is 7.11. The van der Waals surface area contributed by atoms with Crippen LogP contribution in [0.3, 0.4) is 0 Å². The topological polar surface area (TPSA) is 47.3 Å². The number of hydrazine groups is 1.